The first kappa shape index (κ1) is 15.4. The lowest BCUT2D eigenvalue weighted by molar-refractivity contribution is -0.255. The van der Waals surface area contributed by atoms with Gasteiger partial charge in [-0.05, 0) is 25.0 Å². The Labute approximate surface area is 115 Å². The number of carbonyl (C=O) groups is 3. The van der Waals surface area contributed by atoms with Crippen molar-refractivity contribution in [3.63, 3.8) is 0 Å². The molecule has 0 aliphatic heterocycles. The monoisotopic (exact) mass is 276 g/mol. The molecule has 7 heteroatoms. The molecule has 20 heavy (non-hydrogen) atoms. The van der Waals surface area contributed by atoms with Crippen LogP contribution in [-0.2, 0) is 9.59 Å². The van der Waals surface area contributed by atoms with Gasteiger partial charge < -0.3 is 15.2 Å². The molecule has 0 fully saturated rings. The minimum atomic E-state index is -1.27. The summed E-state index contributed by atoms with van der Waals surface area (Å²) in [6.45, 7) is 3.46. The summed E-state index contributed by atoms with van der Waals surface area (Å²) in [4.78, 5) is 33.1. The third-order valence-electron chi connectivity index (χ3n) is 2.15. The Morgan fingerprint density at radius 1 is 1.15 bits per heavy atom. The van der Waals surface area contributed by atoms with E-state index in [4.69, 9.17) is 0 Å². The van der Waals surface area contributed by atoms with Crippen molar-refractivity contribution in [1.29, 1.82) is 0 Å². The van der Waals surface area contributed by atoms with Crippen LogP contribution in [0.1, 0.15) is 29.8 Å². The number of hydrazone groups is 1. The number of benzene rings is 1. The highest BCUT2D eigenvalue weighted by atomic mass is 16.4. The maximum Gasteiger partial charge on any atom is 0.329 e. The van der Waals surface area contributed by atoms with E-state index in [1.54, 1.807) is 13.8 Å². The Morgan fingerprint density at radius 3 is 2.25 bits per heavy atom. The van der Waals surface area contributed by atoms with Gasteiger partial charge in [0.25, 0.3) is 0 Å². The number of aromatic carboxylic acids is 1. The van der Waals surface area contributed by atoms with E-state index in [9.17, 15) is 19.5 Å². The summed E-state index contributed by atoms with van der Waals surface area (Å²) in [7, 11) is 0. The molecule has 0 saturated heterocycles. The Morgan fingerprint density at radius 2 is 1.75 bits per heavy atom. The molecule has 2 amide bonds. The minimum absolute atomic E-state index is 0.0440. The van der Waals surface area contributed by atoms with Crippen molar-refractivity contribution in [3.05, 3.63) is 35.4 Å². The maximum absolute atomic E-state index is 11.3. The molecule has 1 rings (SSSR count). The molecule has 0 saturated carbocycles. The molecule has 0 aliphatic rings. The SMILES string of the molecule is CC(C)NC(=O)C(=O)N/N=C\c1ccc(C(=O)[O-])cc1. The van der Waals surface area contributed by atoms with Gasteiger partial charge in [-0.2, -0.15) is 5.10 Å². The summed E-state index contributed by atoms with van der Waals surface area (Å²) in [6, 6.07) is 5.55. The van der Waals surface area contributed by atoms with Gasteiger partial charge in [0, 0.05) is 6.04 Å². The van der Waals surface area contributed by atoms with Crippen LogP contribution in [0.5, 0.6) is 0 Å². The van der Waals surface area contributed by atoms with Gasteiger partial charge >= 0.3 is 11.8 Å². The van der Waals surface area contributed by atoms with Crippen molar-refractivity contribution in [2.75, 3.05) is 0 Å². The molecule has 1 aromatic carbocycles. The smallest absolute Gasteiger partial charge is 0.329 e. The predicted octanol–water partition coefficient (Wildman–Crippen LogP) is -0.975. The minimum Gasteiger partial charge on any atom is -0.545 e. The molecular formula is C13H14N3O4-. The number of carboxylic acid groups (broad SMARTS) is 1. The van der Waals surface area contributed by atoms with Gasteiger partial charge in [0.2, 0.25) is 0 Å². The Balaban J connectivity index is 2.54. The lowest BCUT2D eigenvalue weighted by Crippen LogP contribution is -2.41. The number of carboxylic acids is 1. The zero-order valence-electron chi connectivity index (χ0n) is 11.0. The molecule has 0 heterocycles. The number of hydrogen-bond donors (Lipinski definition) is 2. The zero-order chi connectivity index (χ0) is 15.1. The first-order chi connectivity index (χ1) is 9.40. The van der Waals surface area contributed by atoms with E-state index < -0.39 is 17.8 Å². The summed E-state index contributed by atoms with van der Waals surface area (Å²) in [5.41, 5.74) is 2.68. The molecule has 0 aromatic heterocycles. The fourth-order valence-corrected chi connectivity index (χ4v) is 1.25. The second-order valence-corrected chi connectivity index (χ2v) is 4.24. The lowest BCUT2D eigenvalue weighted by Gasteiger charge is -2.06. The fourth-order valence-electron chi connectivity index (χ4n) is 1.25. The molecule has 0 atom stereocenters. The first-order valence-corrected chi connectivity index (χ1v) is 5.85. The van der Waals surface area contributed by atoms with Gasteiger partial charge in [-0.1, -0.05) is 24.3 Å². The molecule has 106 valence electrons. The Bertz CT molecular complexity index is 535. The third-order valence-corrected chi connectivity index (χ3v) is 2.15. The molecule has 0 spiro atoms. The number of carbonyl (C=O) groups excluding carboxylic acids is 3. The maximum atomic E-state index is 11.3. The van der Waals surface area contributed by atoms with E-state index in [1.807, 2.05) is 0 Å². The van der Waals surface area contributed by atoms with Crippen molar-refractivity contribution < 1.29 is 19.5 Å². The molecular weight excluding hydrogens is 262 g/mol. The molecule has 2 N–H and O–H groups in total. The summed E-state index contributed by atoms with van der Waals surface area (Å²) >= 11 is 0. The first-order valence-electron chi connectivity index (χ1n) is 5.85. The zero-order valence-corrected chi connectivity index (χ0v) is 11.0. The third kappa shape index (κ3) is 4.89. The topological polar surface area (TPSA) is 111 Å². The van der Waals surface area contributed by atoms with Gasteiger partial charge in [0.1, 0.15) is 0 Å². The van der Waals surface area contributed by atoms with Crippen LogP contribution in [0.2, 0.25) is 0 Å². The summed E-state index contributed by atoms with van der Waals surface area (Å²) in [5, 5.41) is 16.5. The van der Waals surface area contributed by atoms with E-state index in [0.29, 0.717) is 5.56 Å². The molecule has 0 aliphatic carbocycles. The number of nitrogens with one attached hydrogen (secondary N) is 2. The van der Waals surface area contributed by atoms with E-state index in [1.165, 1.54) is 30.5 Å². The fraction of sp³-hybridized carbons (Fsp3) is 0.231. The largest absolute Gasteiger partial charge is 0.545 e. The van der Waals surface area contributed by atoms with Crippen LogP contribution in [-0.4, -0.2) is 30.0 Å². The van der Waals surface area contributed by atoms with Crippen LogP contribution in [0, 0.1) is 0 Å². The summed E-state index contributed by atoms with van der Waals surface area (Å²) in [5.74, 6) is -2.92. The lowest BCUT2D eigenvalue weighted by atomic mass is 10.1. The highest BCUT2D eigenvalue weighted by molar-refractivity contribution is 6.35. The average molecular weight is 276 g/mol. The predicted molar refractivity (Wildman–Crippen MR) is 69.8 cm³/mol. The van der Waals surface area contributed by atoms with Crippen molar-refractivity contribution in [3.8, 4) is 0 Å². The van der Waals surface area contributed by atoms with Crippen molar-refractivity contribution in [2.24, 2.45) is 5.10 Å². The number of nitrogens with zero attached hydrogens (tertiary/aromatic N) is 1. The molecule has 0 bridgehead atoms. The van der Waals surface area contributed by atoms with Crippen LogP contribution in [0.3, 0.4) is 0 Å². The van der Waals surface area contributed by atoms with Crippen molar-refractivity contribution in [2.45, 2.75) is 19.9 Å². The van der Waals surface area contributed by atoms with Crippen LogP contribution >= 0.6 is 0 Å². The molecule has 0 radical (unpaired) electrons. The van der Waals surface area contributed by atoms with E-state index in [-0.39, 0.29) is 11.6 Å². The quantitative estimate of drug-likeness (QED) is 0.418. The van der Waals surface area contributed by atoms with Crippen LogP contribution in [0.25, 0.3) is 0 Å². The standard InChI is InChI=1S/C13H15N3O4/c1-8(2)15-11(17)12(18)16-14-7-9-3-5-10(6-4-9)13(19)20/h3-8H,1-2H3,(H,15,17)(H,16,18)(H,19,20)/p-1/b14-7-. The van der Waals surface area contributed by atoms with Crippen molar-refractivity contribution >= 4 is 24.0 Å². The van der Waals surface area contributed by atoms with Gasteiger partial charge in [0.05, 0.1) is 12.2 Å². The Hall–Kier alpha value is -2.70. The van der Waals surface area contributed by atoms with Crippen LogP contribution in [0.4, 0.5) is 0 Å². The molecule has 0 unspecified atom stereocenters. The van der Waals surface area contributed by atoms with Gasteiger partial charge in [-0.25, -0.2) is 5.43 Å². The van der Waals surface area contributed by atoms with Crippen molar-refractivity contribution in [1.82, 2.24) is 10.7 Å². The average Bonchev–Trinajstić information content (AvgIpc) is 2.38. The molecule has 1 aromatic rings. The summed E-state index contributed by atoms with van der Waals surface area (Å²) in [6.07, 6.45) is 1.29. The van der Waals surface area contributed by atoms with Gasteiger partial charge in [-0.15, -0.1) is 0 Å². The second-order valence-electron chi connectivity index (χ2n) is 4.24. The highest BCUT2D eigenvalue weighted by Gasteiger charge is 2.12. The number of hydrogen-bond acceptors (Lipinski definition) is 5. The van der Waals surface area contributed by atoms with Crippen LogP contribution < -0.4 is 15.8 Å². The second kappa shape index (κ2) is 7.03. The molecule has 7 nitrogen and oxygen atoms in total. The number of rotatable bonds is 4. The van der Waals surface area contributed by atoms with E-state index in [2.05, 4.69) is 15.8 Å². The van der Waals surface area contributed by atoms with Gasteiger partial charge in [-0.3, -0.25) is 9.59 Å². The highest BCUT2D eigenvalue weighted by Crippen LogP contribution is 2.00. The van der Waals surface area contributed by atoms with E-state index >= 15 is 0 Å². The number of amides is 2. The normalized spacial score (nSPS) is 10.6. The Kier molecular flexibility index (Phi) is 5.40. The summed E-state index contributed by atoms with van der Waals surface area (Å²) < 4.78 is 0. The van der Waals surface area contributed by atoms with Gasteiger partial charge in [0.15, 0.2) is 0 Å². The van der Waals surface area contributed by atoms with E-state index in [0.717, 1.165) is 0 Å². The van der Waals surface area contributed by atoms with Crippen LogP contribution in [0.15, 0.2) is 29.4 Å².